The maximum atomic E-state index is 13.0. The number of aryl methyl sites for hydroxylation is 1. The smallest absolute Gasteiger partial charge is 0.233 e. The second kappa shape index (κ2) is 8.13. The first-order chi connectivity index (χ1) is 11.5. The fourth-order valence-electron chi connectivity index (χ4n) is 3.21. The minimum atomic E-state index is -0.171. The van der Waals surface area contributed by atoms with Crippen LogP contribution in [0.3, 0.4) is 0 Å². The quantitative estimate of drug-likeness (QED) is 0.783. The lowest BCUT2D eigenvalue weighted by Crippen LogP contribution is -2.27. The highest BCUT2D eigenvalue weighted by molar-refractivity contribution is 5.96. The Morgan fingerprint density at radius 3 is 2.33 bits per heavy atom. The van der Waals surface area contributed by atoms with E-state index in [9.17, 15) is 4.79 Å². The zero-order valence-electron chi connectivity index (χ0n) is 15.4. The topological polar surface area (TPSA) is 46.9 Å². The molecule has 0 radical (unpaired) electrons. The number of hydrogen-bond donors (Lipinski definition) is 1. The Morgan fingerprint density at radius 2 is 1.79 bits per heavy atom. The second-order valence-electron chi connectivity index (χ2n) is 6.71. The van der Waals surface area contributed by atoms with Gasteiger partial charge in [-0.2, -0.15) is 5.10 Å². The molecule has 0 saturated heterocycles. The lowest BCUT2D eigenvalue weighted by Gasteiger charge is -2.23. The molecule has 2 rings (SSSR count). The predicted octanol–water partition coefficient (Wildman–Crippen LogP) is 4.93. The predicted molar refractivity (Wildman–Crippen MR) is 99.2 cm³/mol. The first-order valence-electron chi connectivity index (χ1n) is 8.89. The van der Waals surface area contributed by atoms with E-state index in [1.54, 1.807) is 0 Å². The highest BCUT2D eigenvalue weighted by Gasteiger charge is 2.26. The molecule has 24 heavy (non-hydrogen) atoms. The van der Waals surface area contributed by atoms with E-state index in [4.69, 9.17) is 0 Å². The van der Waals surface area contributed by atoms with Crippen molar-refractivity contribution >= 4 is 11.7 Å². The lowest BCUT2D eigenvalue weighted by atomic mass is 9.87. The molecule has 1 N–H and O–H groups in total. The van der Waals surface area contributed by atoms with Crippen molar-refractivity contribution in [2.75, 3.05) is 5.32 Å². The van der Waals surface area contributed by atoms with E-state index in [1.807, 2.05) is 48.1 Å². The molecule has 0 fully saturated rings. The number of hydrogen-bond acceptors (Lipinski definition) is 2. The number of nitrogens with zero attached hydrogens (tertiary/aromatic N) is 2. The van der Waals surface area contributed by atoms with Crippen LogP contribution < -0.4 is 5.32 Å². The van der Waals surface area contributed by atoms with Crippen molar-refractivity contribution in [2.45, 2.75) is 59.4 Å². The van der Waals surface area contributed by atoms with Gasteiger partial charge in [-0.1, -0.05) is 58.0 Å². The van der Waals surface area contributed by atoms with Gasteiger partial charge in [-0.15, -0.1) is 0 Å². The third-order valence-corrected chi connectivity index (χ3v) is 4.62. The maximum Gasteiger partial charge on any atom is 0.233 e. The summed E-state index contributed by atoms with van der Waals surface area (Å²) >= 11 is 0. The van der Waals surface area contributed by atoms with Crippen LogP contribution >= 0.6 is 0 Å². The number of carbonyl (C=O) groups is 1. The molecule has 0 unspecified atom stereocenters. The molecule has 1 aromatic carbocycles. The molecule has 1 amide bonds. The minimum Gasteiger partial charge on any atom is -0.310 e. The monoisotopic (exact) mass is 327 g/mol. The Bertz CT molecular complexity index is 657. The number of anilines is 1. The van der Waals surface area contributed by atoms with Gasteiger partial charge in [0.1, 0.15) is 5.82 Å². The number of carbonyl (C=O) groups excluding carboxylic acids is 1. The number of nitrogens with one attached hydrogen (secondary N) is 1. The van der Waals surface area contributed by atoms with Crippen LogP contribution in [0.25, 0.3) is 0 Å². The summed E-state index contributed by atoms with van der Waals surface area (Å²) in [6.45, 7) is 10.5. The van der Waals surface area contributed by atoms with Gasteiger partial charge >= 0.3 is 0 Å². The average Bonchev–Trinajstić information content (AvgIpc) is 2.91. The van der Waals surface area contributed by atoms with Crippen molar-refractivity contribution in [3.8, 4) is 0 Å². The summed E-state index contributed by atoms with van der Waals surface area (Å²) in [5.74, 6) is 0.912. The van der Waals surface area contributed by atoms with Crippen LogP contribution in [0, 0.1) is 12.8 Å². The molecule has 130 valence electrons. The number of amides is 1. The Morgan fingerprint density at radius 1 is 1.17 bits per heavy atom. The molecule has 0 bridgehead atoms. The summed E-state index contributed by atoms with van der Waals surface area (Å²) in [5, 5.41) is 7.64. The molecular formula is C20H29N3O. The van der Waals surface area contributed by atoms with E-state index in [1.165, 1.54) is 0 Å². The number of rotatable bonds is 7. The molecule has 0 saturated carbocycles. The second-order valence-corrected chi connectivity index (χ2v) is 6.71. The third kappa shape index (κ3) is 3.86. The Labute approximate surface area is 145 Å². The fourth-order valence-corrected chi connectivity index (χ4v) is 3.21. The highest BCUT2D eigenvalue weighted by atomic mass is 16.2. The van der Waals surface area contributed by atoms with E-state index in [0.29, 0.717) is 6.04 Å². The van der Waals surface area contributed by atoms with Gasteiger partial charge in [-0.25, -0.2) is 4.68 Å². The van der Waals surface area contributed by atoms with Gasteiger partial charge in [-0.05, 0) is 31.2 Å². The van der Waals surface area contributed by atoms with Crippen molar-refractivity contribution < 1.29 is 4.79 Å². The lowest BCUT2D eigenvalue weighted by molar-refractivity contribution is -0.118. The van der Waals surface area contributed by atoms with Crippen LogP contribution in [-0.4, -0.2) is 15.7 Å². The normalized spacial score (nSPS) is 12.6. The Balaban J connectivity index is 2.30. The van der Waals surface area contributed by atoms with Crippen LogP contribution in [0.2, 0.25) is 0 Å². The molecule has 2 aromatic rings. The first-order valence-corrected chi connectivity index (χ1v) is 8.89. The molecule has 1 heterocycles. The molecule has 4 heteroatoms. The van der Waals surface area contributed by atoms with Crippen LogP contribution in [0.4, 0.5) is 5.82 Å². The zero-order chi connectivity index (χ0) is 17.7. The van der Waals surface area contributed by atoms with Crippen molar-refractivity contribution in [3.05, 3.63) is 47.7 Å². The van der Waals surface area contributed by atoms with Gasteiger partial charge in [-0.3, -0.25) is 4.79 Å². The molecule has 0 aliphatic rings. The summed E-state index contributed by atoms with van der Waals surface area (Å²) in [4.78, 5) is 13.0. The summed E-state index contributed by atoms with van der Waals surface area (Å²) in [5.41, 5.74) is 2.06. The first kappa shape index (κ1) is 18.2. The number of aromatic nitrogens is 2. The van der Waals surface area contributed by atoms with E-state index in [0.717, 1.165) is 29.8 Å². The van der Waals surface area contributed by atoms with Gasteiger partial charge in [0.2, 0.25) is 5.91 Å². The minimum absolute atomic E-state index is 0.0343. The largest absolute Gasteiger partial charge is 0.310 e. The molecule has 0 spiro atoms. The van der Waals surface area contributed by atoms with Gasteiger partial charge < -0.3 is 5.32 Å². The van der Waals surface area contributed by atoms with Crippen LogP contribution in [0.15, 0.2) is 36.5 Å². The van der Waals surface area contributed by atoms with E-state index in [-0.39, 0.29) is 17.7 Å². The summed E-state index contributed by atoms with van der Waals surface area (Å²) < 4.78 is 1.97. The van der Waals surface area contributed by atoms with Crippen molar-refractivity contribution in [1.29, 1.82) is 0 Å². The zero-order valence-corrected chi connectivity index (χ0v) is 15.4. The van der Waals surface area contributed by atoms with Crippen LogP contribution in [-0.2, 0) is 4.79 Å². The Kier molecular flexibility index (Phi) is 6.18. The highest BCUT2D eigenvalue weighted by Crippen LogP contribution is 2.28. The van der Waals surface area contributed by atoms with Crippen molar-refractivity contribution in [1.82, 2.24) is 9.78 Å². The molecular weight excluding hydrogens is 298 g/mol. The fraction of sp³-hybridized carbons (Fsp3) is 0.500. The SMILES string of the molecule is CCC(CC)n1ncc(C)c1NC(=O)[C@@H](c1ccccc1)C(C)C. The summed E-state index contributed by atoms with van der Waals surface area (Å²) in [6, 6.07) is 10.3. The van der Waals surface area contributed by atoms with E-state index < -0.39 is 0 Å². The van der Waals surface area contributed by atoms with Gasteiger partial charge in [0.05, 0.1) is 18.2 Å². The van der Waals surface area contributed by atoms with Gasteiger partial charge in [0, 0.05) is 5.56 Å². The molecule has 0 aliphatic heterocycles. The molecule has 1 aromatic heterocycles. The molecule has 0 aliphatic carbocycles. The average molecular weight is 327 g/mol. The van der Waals surface area contributed by atoms with Gasteiger partial charge in [0.15, 0.2) is 0 Å². The molecule has 1 atom stereocenters. The molecule has 4 nitrogen and oxygen atoms in total. The summed E-state index contributed by atoms with van der Waals surface area (Å²) in [7, 11) is 0. The third-order valence-electron chi connectivity index (χ3n) is 4.62. The number of benzene rings is 1. The van der Waals surface area contributed by atoms with E-state index in [2.05, 4.69) is 38.1 Å². The summed E-state index contributed by atoms with van der Waals surface area (Å²) in [6.07, 6.45) is 3.82. The van der Waals surface area contributed by atoms with E-state index >= 15 is 0 Å². The Hall–Kier alpha value is -2.10. The van der Waals surface area contributed by atoms with Crippen molar-refractivity contribution in [3.63, 3.8) is 0 Å². The van der Waals surface area contributed by atoms with Crippen LogP contribution in [0.1, 0.15) is 63.6 Å². The van der Waals surface area contributed by atoms with Gasteiger partial charge in [0.25, 0.3) is 0 Å². The van der Waals surface area contributed by atoms with Crippen LogP contribution in [0.5, 0.6) is 0 Å². The maximum absolute atomic E-state index is 13.0. The standard InChI is InChI=1S/C20H29N3O/c1-6-17(7-2)23-19(15(5)13-21-23)22-20(24)18(14(3)4)16-11-9-8-10-12-16/h8-14,17-18H,6-7H2,1-5H3,(H,22,24)/t18-/m1/s1. The van der Waals surface area contributed by atoms with Crippen molar-refractivity contribution in [2.24, 2.45) is 5.92 Å².